The minimum atomic E-state index is -0.520. The summed E-state index contributed by atoms with van der Waals surface area (Å²) in [6.07, 6.45) is 0. The highest BCUT2D eigenvalue weighted by molar-refractivity contribution is 7.13. The van der Waals surface area contributed by atoms with Gasteiger partial charge in [0, 0.05) is 22.1 Å². The lowest BCUT2D eigenvalue weighted by Gasteiger charge is -2.08. The number of amides is 1. The first-order chi connectivity index (χ1) is 13.6. The molecule has 4 rings (SSSR count). The van der Waals surface area contributed by atoms with E-state index in [4.69, 9.17) is 0 Å². The van der Waals surface area contributed by atoms with Gasteiger partial charge in [-0.2, -0.15) is 0 Å². The van der Waals surface area contributed by atoms with Crippen molar-refractivity contribution in [2.75, 3.05) is 5.32 Å². The second-order valence-electron chi connectivity index (χ2n) is 5.75. The van der Waals surface area contributed by atoms with E-state index in [0.29, 0.717) is 17.0 Å². The molecule has 9 nitrogen and oxygen atoms in total. The SMILES string of the molecule is O=C(Nc1cc(-c2cccs2)ccc1[N+](=O)[O-])c1ccc(-c2nnn[nH]2)cc1. The highest BCUT2D eigenvalue weighted by Crippen LogP contribution is 2.33. The number of aromatic amines is 1. The van der Waals surface area contributed by atoms with Crippen LogP contribution < -0.4 is 5.32 Å². The lowest BCUT2D eigenvalue weighted by molar-refractivity contribution is -0.383. The van der Waals surface area contributed by atoms with E-state index in [0.717, 1.165) is 10.4 Å². The summed E-state index contributed by atoms with van der Waals surface area (Å²) in [5.74, 6) is 0.0277. The maximum Gasteiger partial charge on any atom is 0.292 e. The van der Waals surface area contributed by atoms with Crippen LogP contribution in [-0.4, -0.2) is 31.5 Å². The van der Waals surface area contributed by atoms with Crippen LogP contribution >= 0.6 is 11.3 Å². The monoisotopic (exact) mass is 392 g/mol. The van der Waals surface area contributed by atoms with Gasteiger partial charge in [-0.1, -0.05) is 18.2 Å². The average molecular weight is 392 g/mol. The number of carbonyl (C=O) groups is 1. The molecule has 138 valence electrons. The number of nitro groups is 1. The topological polar surface area (TPSA) is 127 Å². The molecule has 2 aromatic heterocycles. The van der Waals surface area contributed by atoms with Gasteiger partial charge in [0.05, 0.1) is 4.92 Å². The number of rotatable bonds is 5. The van der Waals surface area contributed by atoms with Crippen molar-refractivity contribution in [2.45, 2.75) is 0 Å². The maximum atomic E-state index is 12.6. The number of nitrogens with one attached hydrogen (secondary N) is 2. The molecular weight excluding hydrogens is 380 g/mol. The molecular formula is C18H12N6O3S. The van der Waals surface area contributed by atoms with Crippen LogP contribution in [0.3, 0.4) is 0 Å². The van der Waals surface area contributed by atoms with Crippen LogP contribution in [0.1, 0.15) is 10.4 Å². The first-order valence-corrected chi connectivity index (χ1v) is 8.97. The van der Waals surface area contributed by atoms with Gasteiger partial charge in [-0.05, 0) is 51.7 Å². The normalized spacial score (nSPS) is 10.6. The summed E-state index contributed by atoms with van der Waals surface area (Å²) in [5.41, 5.74) is 1.84. The summed E-state index contributed by atoms with van der Waals surface area (Å²) in [5, 5.41) is 29.4. The zero-order valence-corrected chi connectivity index (χ0v) is 15.0. The van der Waals surface area contributed by atoms with Gasteiger partial charge in [-0.3, -0.25) is 14.9 Å². The quantitative estimate of drug-likeness (QED) is 0.393. The molecule has 0 unspecified atom stereocenters. The van der Waals surface area contributed by atoms with Crippen molar-refractivity contribution in [1.29, 1.82) is 0 Å². The highest BCUT2D eigenvalue weighted by atomic mass is 32.1. The van der Waals surface area contributed by atoms with Gasteiger partial charge < -0.3 is 5.32 Å². The molecule has 0 atom stereocenters. The predicted octanol–water partition coefficient (Wildman–Crippen LogP) is 3.76. The number of tetrazole rings is 1. The van der Waals surface area contributed by atoms with Crippen LogP contribution in [0.2, 0.25) is 0 Å². The van der Waals surface area contributed by atoms with Crippen LogP contribution in [0.15, 0.2) is 60.0 Å². The number of benzene rings is 2. The van der Waals surface area contributed by atoms with Crippen molar-refractivity contribution in [1.82, 2.24) is 20.6 Å². The molecule has 2 heterocycles. The lowest BCUT2D eigenvalue weighted by Crippen LogP contribution is -2.13. The Labute approximate surface area is 162 Å². The van der Waals surface area contributed by atoms with Crippen molar-refractivity contribution in [3.63, 3.8) is 0 Å². The van der Waals surface area contributed by atoms with Gasteiger partial charge in [0.15, 0.2) is 5.82 Å². The summed E-state index contributed by atoms with van der Waals surface area (Å²) in [7, 11) is 0. The molecule has 28 heavy (non-hydrogen) atoms. The third-order valence-electron chi connectivity index (χ3n) is 4.01. The molecule has 1 amide bonds. The molecule has 0 aliphatic carbocycles. The van der Waals surface area contributed by atoms with E-state index in [1.165, 1.54) is 17.4 Å². The minimum Gasteiger partial charge on any atom is -0.316 e. The van der Waals surface area contributed by atoms with E-state index in [1.807, 2.05) is 17.5 Å². The van der Waals surface area contributed by atoms with Gasteiger partial charge >= 0.3 is 0 Å². The van der Waals surface area contributed by atoms with Crippen molar-refractivity contribution in [2.24, 2.45) is 0 Å². The number of thiophene rings is 1. The van der Waals surface area contributed by atoms with E-state index in [2.05, 4.69) is 25.9 Å². The lowest BCUT2D eigenvalue weighted by atomic mass is 10.1. The minimum absolute atomic E-state index is 0.143. The van der Waals surface area contributed by atoms with Crippen LogP contribution in [0.5, 0.6) is 0 Å². The van der Waals surface area contributed by atoms with Gasteiger partial charge in [-0.15, -0.1) is 16.4 Å². The Balaban J connectivity index is 1.61. The fourth-order valence-electron chi connectivity index (χ4n) is 2.65. The Morgan fingerprint density at radius 1 is 1.11 bits per heavy atom. The van der Waals surface area contributed by atoms with E-state index in [9.17, 15) is 14.9 Å². The van der Waals surface area contributed by atoms with E-state index >= 15 is 0 Å². The Morgan fingerprint density at radius 2 is 1.89 bits per heavy atom. The number of anilines is 1. The number of aromatic nitrogens is 4. The molecule has 4 aromatic rings. The molecule has 0 saturated heterocycles. The number of carbonyl (C=O) groups excluding carboxylic acids is 1. The first kappa shape index (κ1) is 17.5. The Hall–Kier alpha value is -3.92. The third kappa shape index (κ3) is 3.48. The summed E-state index contributed by atoms with van der Waals surface area (Å²) < 4.78 is 0. The molecule has 10 heteroatoms. The van der Waals surface area contributed by atoms with Gasteiger partial charge in [-0.25, -0.2) is 5.10 Å². The molecule has 0 bridgehead atoms. The second kappa shape index (κ2) is 7.37. The Morgan fingerprint density at radius 3 is 2.54 bits per heavy atom. The van der Waals surface area contributed by atoms with Crippen LogP contribution in [-0.2, 0) is 0 Å². The fourth-order valence-corrected chi connectivity index (χ4v) is 3.37. The fraction of sp³-hybridized carbons (Fsp3) is 0. The van der Waals surface area contributed by atoms with Crippen molar-refractivity contribution < 1.29 is 9.72 Å². The van der Waals surface area contributed by atoms with Crippen LogP contribution in [0.25, 0.3) is 21.8 Å². The van der Waals surface area contributed by atoms with Crippen LogP contribution in [0, 0.1) is 10.1 Å². The number of H-pyrrole nitrogens is 1. The number of nitrogens with zero attached hydrogens (tertiary/aromatic N) is 4. The standard InChI is InChI=1S/C18H12N6O3S/c25-18(12-5-3-11(4-6-12)17-20-22-23-21-17)19-14-10-13(16-2-1-9-28-16)7-8-15(14)24(26)27/h1-10H,(H,19,25)(H,20,21,22,23). The first-order valence-electron chi connectivity index (χ1n) is 8.09. The van der Waals surface area contributed by atoms with Crippen molar-refractivity contribution in [3.8, 4) is 21.8 Å². The molecule has 0 aliphatic heterocycles. The van der Waals surface area contributed by atoms with Gasteiger partial charge in [0.1, 0.15) is 5.69 Å². The largest absolute Gasteiger partial charge is 0.316 e. The average Bonchev–Trinajstić information content (AvgIpc) is 3.42. The molecule has 0 saturated carbocycles. The molecule has 0 aliphatic rings. The number of hydrogen-bond acceptors (Lipinski definition) is 7. The summed E-state index contributed by atoms with van der Waals surface area (Å²) in [6, 6.07) is 15.0. The zero-order chi connectivity index (χ0) is 19.5. The maximum absolute atomic E-state index is 12.6. The molecule has 0 radical (unpaired) electrons. The van der Waals surface area contributed by atoms with Crippen molar-refractivity contribution in [3.05, 3.63) is 75.7 Å². The third-order valence-corrected chi connectivity index (χ3v) is 4.93. The summed E-state index contributed by atoms with van der Waals surface area (Å²) >= 11 is 1.51. The number of hydrogen-bond donors (Lipinski definition) is 2. The van der Waals surface area contributed by atoms with Crippen molar-refractivity contribution >= 4 is 28.6 Å². The van der Waals surface area contributed by atoms with E-state index in [-0.39, 0.29) is 11.4 Å². The van der Waals surface area contributed by atoms with Gasteiger partial charge in [0.25, 0.3) is 11.6 Å². The second-order valence-corrected chi connectivity index (χ2v) is 6.70. The molecule has 0 fully saturated rings. The van der Waals surface area contributed by atoms with E-state index < -0.39 is 10.8 Å². The van der Waals surface area contributed by atoms with Gasteiger partial charge in [0.2, 0.25) is 0 Å². The Bertz CT molecular complexity index is 1120. The molecule has 2 aromatic carbocycles. The predicted molar refractivity (Wildman–Crippen MR) is 104 cm³/mol. The van der Waals surface area contributed by atoms with E-state index in [1.54, 1.807) is 36.4 Å². The summed E-state index contributed by atoms with van der Waals surface area (Å²) in [4.78, 5) is 24.4. The zero-order valence-electron chi connectivity index (χ0n) is 14.2. The molecule has 2 N–H and O–H groups in total. The number of nitro benzene ring substituents is 1. The van der Waals surface area contributed by atoms with Crippen LogP contribution in [0.4, 0.5) is 11.4 Å². The smallest absolute Gasteiger partial charge is 0.292 e. The Kier molecular flexibility index (Phi) is 4.60. The highest BCUT2D eigenvalue weighted by Gasteiger charge is 2.18. The molecule has 0 spiro atoms. The summed E-state index contributed by atoms with van der Waals surface area (Å²) in [6.45, 7) is 0.